The molecule has 0 aromatic carbocycles. The van der Waals surface area contributed by atoms with E-state index in [1.165, 1.54) is 0 Å². The van der Waals surface area contributed by atoms with Crippen LogP contribution in [0.5, 0.6) is 0 Å². The first-order valence-electron chi connectivity index (χ1n) is 4.69. The Morgan fingerprint density at radius 1 is 1.31 bits per heavy atom. The van der Waals surface area contributed by atoms with Crippen molar-refractivity contribution in [2.45, 2.75) is 45.2 Å². The summed E-state index contributed by atoms with van der Waals surface area (Å²) in [5, 5.41) is 8.50. The molecule has 2 atom stereocenters. The molecule has 0 radical (unpaired) electrons. The largest absolute Gasteiger partial charge is 0.480 e. The van der Waals surface area contributed by atoms with Crippen LogP contribution in [0.25, 0.3) is 0 Å². The maximum absolute atomic E-state index is 10.4. The first kappa shape index (κ1) is 12.4. The van der Waals surface area contributed by atoms with Gasteiger partial charge in [-0.15, -0.1) is 0 Å². The Balaban J connectivity index is 3.50. The summed E-state index contributed by atoms with van der Waals surface area (Å²) in [5.74, 6) is -0.487. The minimum absolute atomic E-state index is 0.154. The normalized spacial score (nSPS) is 15.8. The molecule has 0 heterocycles. The molecule has 0 aromatic rings. The van der Waals surface area contributed by atoms with E-state index >= 15 is 0 Å². The highest BCUT2D eigenvalue weighted by molar-refractivity contribution is 5.72. The molecule has 0 bridgehead atoms. The standard InChI is InChI=1S/C9H20N2O2/c1-6(2)7(10)4-3-5-8(11)9(12)13/h6-8H,3-5,10-11H2,1-2H3,(H,12,13). The predicted molar refractivity (Wildman–Crippen MR) is 52.3 cm³/mol. The molecular formula is C9H20N2O2. The fourth-order valence-corrected chi connectivity index (χ4v) is 1.03. The number of nitrogens with two attached hydrogens (primary N) is 2. The lowest BCUT2D eigenvalue weighted by atomic mass is 9.98. The highest BCUT2D eigenvalue weighted by Gasteiger charge is 2.12. The molecule has 0 saturated heterocycles. The van der Waals surface area contributed by atoms with Gasteiger partial charge in [0.2, 0.25) is 0 Å². The van der Waals surface area contributed by atoms with E-state index in [0.29, 0.717) is 12.3 Å². The second-order valence-electron chi connectivity index (χ2n) is 3.78. The summed E-state index contributed by atoms with van der Waals surface area (Å²) in [6, 6.07) is -0.583. The van der Waals surface area contributed by atoms with Crippen LogP contribution < -0.4 is 11.5 Å². The summed E-state index contributed by atoms with van der Waals surface area (Å²) >= 11 is 0. The minimum Gasteiger partial charge on any atom is -0.480 e. The zero-order valence-corrected chi connectivity index (χ0v) is 8.36. The van der Waals surface area contributed by atoms with Crippen molar-refractivity contribution in [3.63, 3.8) is 0 Å². The van der Waals surface area contributed by atoms with Crippen molar-refractivity contribution in [2.75, 3.05) is 0 Å². The van der Waals surface area contributed by atoms with Gasteiger partial charge in [-0.3, -0.25) is 4.79 Å². The van der Waals surface area contributed by atoms with Gasteiger partial charge in [0.05, 0.1) is 0 Å². The van der Waals surface area contributed by atoms with Crippen LogP contribution in [0.4, 0.5) is 0 Å². The Kier molecular flexibility index (Phi) is 5.66. The Morgan fingerprint density at radius 3 is 2.23 bits per heavy atom. The first-order chi connectivity index (χ1) is 5.95. The van der Waals surface area contributed by atoms with E-state index in [-0.39, 0.29) is 6.04 Å². The third-order valence-corrected chi connectivity index (χ3v) is 2.23. The second-order valence-corrected chi connectivity index (χ2v) is 3.78. The molecule has 2 unspecified atom stereocenters. The van der Waals surface area contributed by atoms with E-state index < -0.39 is 12.0 Å². The van der Waals surface area contributed by atoms with Gasteiger partial charge in [0.15, 0.2) is 0 Å². The van der Waals surface area contributed by atoms with Crippen LogP contribution in [0.2, 0.25) is 0 Å². The molecule has 4 heteroatoms. The maximum atomic E-state index is 10.4. The van der Waals surface area contributed by atoms with Crippen molar-refractivity contribution < 1.29 is 9.90 Å². The lowest BCUT2D eigenvalue weighted by Gasteiger charge is -2.15. The molecule has 0 amide bonds. The van der Waals surface area contributed by atoms with Crippen LogP contribution >= 0.6 is 0 Å². The van der Waals surface area contributed by atoms with Crippen molar-refractivity contribution in [3.8, 4) is 0 Å². The number of carboxylic acid groups (broad SMARTS) is 1. The number of aliphatic carboxylic acids is 1. The smallest absolute Gasteiger partial charge is 0.320 e. The SMILES string of the molecule is CC(C)C(N)CCCC(N)C(=O)O. The van der Waals surface area contributed by atoms with E-state index in [4.69, 9.17) is 16.6 Å². The third kappa shape index (κ3) is 5.60. The number of carboxylic acids is 1. The Morgan fingerprint density at radius 2 is 1.85 bits per heavy atom. The molecule has 0 aliphatic rings. The average molecular weight is 188 g/mol. The van der Waals surface area contributed by atoms with Gasteiger partial charge >= 0.3 is 5.97 Å². The summed E-state index contributed by atoms with van der Waals surface area (Å²) in [7, 11) is 0. The van der Waals surface area contributed by atoms with Crippen molar-refractivity contribution in [3.05, 3.63) is 0 Å². The van der Waals surface area contributed by atoms with Crippen molar-refractivity contribution >= 4 is 5.97 Å². The molecule has 4 nitrogen and oxygen atoms in total. The van der Waals surface area contributed by atoms with E-state index in [0.717, 1.165) is 12.8 Å². The van der Waals surface area contributed by atoms with Crippen LogP contribution in [-0.4, -0.2) is 23.2 Å². The van der Waals surface area contributed by atoms with Gasteiger partial charge < -0.3 is 16.6 Å². The summed E-state index contributed by atoms with van der Waals surface area (Å²) in [6.07, 6.45) is 2.14. The Bertz CT molecular complexity index is 160. The second kappa shape index (κ2) is 5.94. The zero-order chi connectivity index (χ0) is 10.4. The average Bonchev–Trinajstić information content (AvgIpc) is 2.03. The number of carbonyl (C=O) groups is 1. The molecular weight excluding hydrogens is 168 g/mol. The molecule has 5 N–H and O–H groups in total. The molecule has 78 valence electrons. The van der Waals surface area contributed by atoms with Gasteiger partial charge in [-0.2, -0.15) is 0 Å². The van der Waals surface area contributed by atoms with Crippen molar-refractivity contribution in [2.24, 2.45) is 17.4 Å². The molecule has 0 rings (SSSR count). The Labute approximate surface area is 79.3 Å². The molecule has 0 fully saturated rings. The molecule has 0 saturated carbocycles. The van der Waals surface area contributed by atoms with E-state index in [2.05, 4.69) is 13.8 Å². The number of rotatable bonds is 6. The van der Waals surface area contributed by atoms with E-state index in [9.17, 15) is 4.79 Å². The molecule has 0 spiro atoms. The molecule has 0 aliphatic carbocycles. The van der Waals surface area contributed by atoms with E-state index in [1.54, 1.807) is 0 Å². The van der Waals surface area contributed by atoms with Crippen molar-refractivity contribution in [1.29, 1.82) is 0 Å². The molecule has 13 heavy (non-hydrogen) atoms. The monoisotopic (exact) mass is 188 g/mol. The quantitative estimate of drug-likeness (QED) is 0.568. The first-order valence-corrected chi connectivity index (χ1v) is 4.69. The lowest BCUT2D eigenvalue weighted by molar-refractivity contribution is -0.138. The molecule has 0 aromatic heterocycles. The maximum Gasteiger partial charge on any atom is 0.320 e. The van der Waals surface area contributed by atoms with Gasteiger partial charge in [0.25, 0.3) is 0 Å². The van der Waals surface area contributed by atoms with Crippen LogP contribution in [0.3, 0.4) is 0 Å². The van der Waals surface area contributed by atoms with Crippen LogP contribution in [0.1, 0.15) is 33.1 Å². The van der Waals surface area contributed by atoms with Gasteiger partial charge in [-0.1, -0.05) is 13.8 Å². The van der Waals surface area contributed by atoms with Gasteiger partial charge in [0, 0.05) is 6.04 Å². The fraction of sp³-hybridized carbons (Fsp3) is 0.889. The summed E-state index contributed by atoms with van der Waals surface area (Å²) in [5.41, 5.74) is 11.1. The van der Waals surface area contributed by atoms with E-state index in [1.807, 2.05) is 0 Å². The summed E-state index contributed by atoms with van der Waals surface area (Å²) in [4.78, 5) is 10.4. The van der Waals surface area contributed by atoms with Crippen LogP contribution in [0.15, 0.2) is 0 Å². The topological polar surface area (TPSA) is 89.3 Å². The number of hydrogen-bond acceptors (Lipinski definition) is 3. The highest BCUT2D eigenvalue weighted by Crippen LogP contribution is 2.08. The van der Waals surface area contributed by atoms with Gasteiger partial charge in [-0.05, 0) is 25.2 Å². The van der Waals surface area contributed by atoms with Crippen molar-refractivity contribution in [1.82, 2.24) is 0 Å². The van der Waals surface area contributed by atoms with Crippen LogP contribution in [-0.2, 0) is 4.79 Å². The van der Waals surface area contributed by atoms with Gasteiger partial charge in [-0.25, -0.2) is 0 Å². The molecule has 0 aliphatic heterocycles. The highest BCUT2D eigenvalue weighted by atomic mass is 16.4. The minimum atomic E-state index is -0.932. The third-order valence-electron chi connectivity index (χ3n) is 2.23. The summed E-state index contributed by atoms with van der Waals surface area (Å²) < 4.78 is 0. The zero-order valence-electron chi connectivity index (χ0n) is 8.36. The fourth-order valence-electron chi connectivity index (χ4n) is 1.03. The lowest BCUT2D eigenvalue weighted by Crippen LogP contribution is -2.31. The summed E-state index contributed by atoms with van der Waals surface area (Å²) in [6.45, 7) is 4.11. The predicted octanol–water partition coefficient (Wildman–Crippen LogP) is 0.552. The van der Waals surface area contributed by atoms with Crippen LogP contribution in [0, 0.1) is 5.92 Å². The Hall–Kier alpha value is -0.610. The number of hydrogen-bond donors (Lipinski definition) is 3. The van der Waals surface area contributed by atoms with Gasteiger partial charge in [0.1, 0.15) is 6.04 Å².